The van der Waals surface area contributed by atoms with Gasteiger partial charge < -0.3 is 10.4 Å². The van der Waals surface area contributed by atoms with Crippen LogP contribution in [0.15, 0.2) is 66.9 Å². The molecule has 1 saturated carbocycles. The van der Waals surface area contributed by atoms with Gasteiger partial charge in [-0.25, -0.2) is 0 Å². The molecule has 5 nitrogen and oxygen atoms in total. The van der Waals surface area contributed by atoms with Crippen molar-refractivity contribution < 1.29 is 14.7 Å². The maximum atomic E-state index is 13.2. The van der Waals surface area contributed by atoms with E-state index < -0.39 is 0 Å². The zero-order valence-corrected chi connectivity index (χ0v) is 18.8. The molecule has 0 spiro atoms. The van der Waals surface area contributed by atoms with Crippen molar-refractivity contribution in [3.8, 4) is 0 Å². The van der Waals surface area contributed by atoms with Crippen molar-refractivity contribution in [1.82, 2.24) is 4.98 Å². The number of hydrogen-bond acceptors (Lipinski definition) is 4. The van der Waals surface area contributed by atoms with E-state index in [1.807, 2.05) is 43.3 Å². The van der Waals surface area contributed by atoms with Crippen LogP contribution in [0.5, 0.6) is 0 Å². The van der Waals surface area contributed by atoms with Crippen LogP contribution in [0.25, 0.3) is 0 Å². The summed E-state index contributed by atoms with van der Waals surface area (Å²) in [5.74, 6) is -0.0980. The fourth-order valence-corrected chi connectivity index (χ4v) is 5.72. The molecule has 3 aromatic rings. The maximum Gasteiger partial charge on any atom is 0.255 e. The van der Waals surface area contributed by atoms with Crippen LogP contribution in [0.4, 0.5) is 5.69 Å². The van der Waals surface area contributed by atoms with Gasteiger partial charge in [0.2, 0.25) is 0 Å². The van der Waals surface area contributed by atoms with Crippen LogP contribution in [0.1, 0.15) is 63.2 Å². The summed E-state index contributed by atoms with van der Waals surface area (Å²) >= 11 is 0. The van der Waals surface area contributed by atoms with Crippen molar-refractivity contribution in [2.45, 2.75) is 50.5 Å². The van der Waals surface area contributed by atoms with E-state index in [9.17, 15) is 14.7 Å². The van der Waals surface area contributed by atoms with Gasteiger partial charge in [0, 0.05) is 29.2 Å². The number of Topliss-reactive ketones (excluding diaryl/α,β-unsaturated/α-hetero) is 1. The van der Waals surface area contributed by atoms with Gasteiger partial charge in [0.25, 0.3) is 5.91 Å². The molecule has 2 aliphatic carbocycles. The van der Waals surface area contributed by atoms with E-state index in [0.717, 1.165) is 30.5 Å². The number of anilines is 1. The number of benzene rings is 2. The lowest BCUT2D eigenvalue weighted by molar-refractivity contribution is 0.0385. The molecule has 1 aromatic heterocycles. The molecule has 0 aliphatic heterocycles. The molecule has 5 rings (SSSR count). The van der Waals surface area contributed by atoms with Crippen LogP contribution < -0.4 is 5.32 Å². The standard InChI is InChI=1S/C28H28N2O3/c1-18-25(8-5-13-29-18)30-27(33)20-9-10-24-23(14-20)26(32)16-21-15-22(31)11-12-28(21,24)17-19-6-3-2-4-7-19/h2-10,13-14,21-22,31H,11-12,15-17H2,1H3,(H,30,33). The Morgan fingerprint density at radius 1 is 1.15 bits per heavy atom. The van der Waals surface area contributed by atoms with Gasteiger partial charge in [0.05, 0.1) is 17.5 Å². The molecule has 33 heavy (non-hydrogen) atoms. The van der Waals surface area contributed by atoms with Gasteiger partial charge in [-0.2, -0.15) is 0 Å². The average molecular weight is 441 g/mol. The van der Waals surface area contributed by atoms with Crippen molar-refractivity contribution in [2.75, 3.05) is 5.32 Å². The Morgan fingerprint density at radius 3 is 2.76 bits per heavy atom. The van der Waals surface area contributed by atoms with E-state index in [0.29, 0.717) is 29.7 Å². The largest absolute Gasteiger partial charge is 0.393 e. The van der Waals surface area contributed by atoms with Gasteiger partial charge in [0.15, 0.2) is 5.78 Å². The summed E-state index contributed by atoms with van der Waals surface area (Å²) in [6.45, 7) is 1.84. The highest BCUT2D eigenvalue weighted by molar-refractivity contribution is 6.07. The molecule has 2 N–H and O–H groups in total. The highest BCUT2D eigenvalue weighted by Crippen LogP contribution is 2.52. The normalized spacial score (nSPS) is 24.0. The third kappa shape index (κ3) is 3.98. The summed E-state index contributed by atoms with van der Waals surface area (Å²) < 4.78 is 0. The van der Waals surface area contributed by atoms with Crippen LogP contribution in [0.2, 0.25) is 0 Å². The van der Waals surface area contributed by atoms with E-state index in [1.165, 1.54) is 5.56 Å². The lowest BCUT2D eigenvalue weighted by Gasteiger charge is -2.49. The molecule has 0 radical (unpaired) electrons. The average Bonchev–Trinajstić information content (AvgIpc) is 2.82. The Balaban J connectivity index is 1.53. The quantitative estimate of drug-likeness (QED) is 0.607. The molecular formula is C28H28N2O3. The number of nitrogens with zero attached hydrogens (tertiary/aromatic N) is 1. The molecule has 168 valence electrons. The second-order valence-electron chi connectivity index (χ2n) is 9.42. The zero-order valence-electron chi connectivity index (χ0n) is 18.8. The number of aliphatic hydroxyl groups excluding tert-OH is 1. The molecule has 0 bridgehead atoms. The maximum absolute atomic E-state index is 13.2. The Labute approximate surface area is 193 Å². The first kappa shape index (κ1) is 21.5. The van der Waals surface area contributed by atoms with Gasteiger partial charge in [-0.15, -0.1) is 0 Å². The number of aromatic nitrogens is 1. The number of aryl methyl sites for hydroxylation is 1. The number of nitrogens with one attached hydrogen (secondary N) is 1. The van der Waals surface area contributed by atoms with Crippen molar-refractivity contribution >= 4 is 17.4 Å². The van der Waals surface area contributed by atoms with Gasteiger partial charge in [0.1, 0.15) is 0 Å². The number of pyridine rings is 1. The lowest BCUT2D eigenvalue weighted by Crippen LogP contribution is -2.48. The Morgan fingerprint density at radius 2 is 1.97 bits per heavy atom. The summed E-state index contributed by atoms with van der Waals surface area (Å²) in [4.78, 5) is 30.4. The third-order valence-electron chi connectivity index (χ3n) is 7.43. The summed E-state index contributed by atoms with van der Waals surface area (Å²) in [6.07, 6.45) is 4.75. The molecule has 2 aliphatic rings. The highest BCUT2D eigenvalue weighted by atomic mass is 16.3. The number of fused-ring (bicyclic) bond motifs is 3. The fourth-order valence-electron chi connectivity index (χ4n) is 5.72. The lowest BCUT2D eigenvalue weighted by atomic mass is 9.54. The predicted molar refractivity (Wildman–Crippen MR) is 127 cm³/mol. The van der Waals surface area contributed by atoms with Crippen molar-refractivity contribution in [3.05, 3.63) is 94.8 Å². The number of ketones is 1. The molecular weight excluding hydrogens is 412 g/mol. The van der Waals surface area contributed by atoms with Crippen LogP contribution >= 0.6 is 0 Å². The SMILES string of the molecule is Cc1ncccc1NC(=O)c1ccc2c(c1)C(=O)CC1CC(O)CCC21Cc1ccccc1. The number of aliphatic hydroxyl groups is 1. The minimum absolute atomic E-state index is 0.0556. The first-order valence-corrected chi connectivity index (χ1v) is 11.6. The van der Waals surface area contributed by atoms with E-state index in [2.05, 4.69) is 22.4 Å². The predicted octanol–water partition coefficient (Wildman–Crippen LogP) is 4.87. The Hall–Kier alpha value is -3.31. The molecule has 5 heteroatoms. The van der Waals surface area contributed by atoms with E-state index >= 15 is 0 Å². The van der Waals surface area contributed by atoms with Crippen LogP contribution in [0, 0.1) is 12.8 Å². The first-order valence-electron chi connectivity index (χ1n) is 11.6. The summed E-state index contributed by atoms with van der Waals surface area (Å²) in [5, 5.41) is 13.3. The molecule has 3 unspecified atom stereocenters. The molecule has 0 saturated heterocycles. The summed E-state index contributed by atoms with van der Waals surface area (Å²) in [5.41, 5.74) is 4.56. The third-order valence-corrected chi connectivity index (χ3v) is 7.43. The van der Waals surface area contributed by atoms with Crippen molar-refractivity contribution in [2.24, 2.45) is 5.92 Å². The summed E-state index contributed by atoms with van der Waals surface area (Å²) in [6, 6.07) is 19.5. The number of amides is 1. The smallest absolute Gasteiger partial charge is 0.255 e. The first-order chi connectivity index (χ1) is 16.0. The zero-order chi connectivity index (χ0) is 23.0. The number of rotatable bonds is 4. The van der Waals surface area contributed by atoms with Crippen molar-refractivity contribution in [3.63, 3.8) is 0 Å². The Kier molecular flexibility index (Phi) is 5.59. The molecule has 1 fully saturated rings. The van der Waals surface area contributed by atoms with Gasteiger partial charge in [-0.1, -0.05) is 36.4 Å². The van der Waals surface area contributed by atoms with E-state index in [1.54, 1.807) is 18.3 Å². The molecule has 1 amide bonds. The topological polar surface area (TPSA) is 79.3 Å². The number of carbonyl (C=O) groups excluding carboxylic acids is 2. The van der Waals surface area contributed by atoms with Crippen LogP contribution in [-0.2, 0) is 11.8 Å². The van der Waals surface area contributed by atoms with E-state index in [4.69, 9.17) is 0 Å². The molecule has 1 heterocycles. The van der Waals surface area contributed by atoms with Gasteiger partial charge >= 0.3 is 0 Å². The molecule has 2 aromatic carbocycles. The summed E-state index contributed by atoms with van der Waals surface area (Å²) in [7, 11) is 0. The molecule has 3 atom stereocenters. The van der Waals surface area contributed by atoms with Crippen molar-refractivity contribution in [1.29, 1.82) is 0 Å². The Bertz CT molecular complexity index is 1210. The monoisotopic (exact) mass is 440 g/mol. The minimum atomic E-state index is -0.360. The van der Waals surface area contributed by atoms with Crippen LogP contribution in [-0.4, -0.2) is 27.9 Å². The second-order valence-corrected chi connectivity index (χ2v) is 9.42. The fraction of sp³-hybridized carbons (Fsp3) is 0.321. The minimum Gasteiger partial charge on any atom is -0.393 e. The van der Waals surface area contributed by atoms with Gasteiger partial charge in [-0.3, -0.25) is 14.6 Å². The number of hydrogen-bond donors (Lipinski definition) is 2. The van der Waals surface area contributed by atoms with E-state index in [-0.39, 0.29) is 29.1 Å². The van der Waals surface area contributed by atoms with Gasteiger partial charge in [-0.05, 0) is 73.9 Å². The highest BCUT2D eigenvalue weighted by Gasteiger charge is 2.49. The number of carbonyl (C=O) groups is 2. The van der Waals surface area contributed by atoms with Crippen LogP contribution in [0.3, 0.4) is 0 Å². The second kappa shape index (κ2) is 8.56.